The first-order valence-electron chi connectivity index (χ1n) is 9.95. The van der Waals surface area contributed by atoms with Crippen LogP contribution in [0.2, 0.25) is 0 Å². The number of aromatic nitrogens is 3. The molecule has 2 saturated heterocycles. The highest BCUT2D eigenvalue weighted by atomic mass is 16.2. The van der Waals surface area contributed by atoms with Crippen LogP contribution in [-0.4, -0.2) is 51.4 Å². The molecule has 0 aromatic carbocycles. The summed E-state index contributed by atoms with van der Waals surface area (Å²) in [7, 11) is 0. The van der Waals surface area contributed by atoms with Gasteiger partial charge in [0.1, 0.15) is 5.82 Å². The third-order valence-corrected chi connectivity index (χ3v) is 6.87. The third kappa shape index (κ3) is 2.66. The molecule has 1 amide bonds. The van der Waals surface area contributed by atoms with Gasteiger partial charge in [-0.25, -0.2) is 4.98 Å². The van der Waals surface area contributed by atoms with Crippen LogP contribution in [0.4, 0.5) is 5.82 Å². The Morgan fingerprint density at radius 2 is 1.92 bits per heavy atom. The van der Waals surface area contributed by atoms with Gasteiger partial charge >= 0.3 is 0 Å². The SMILES string of the molecule is CC1CC(C(=O)N2CCC3(CC2)CCN(c2ccn4ccnc4n2)C3)C1. The lowest BCUT2D eigenvalue weighted by atomic mass is 9.74. The van der Waals surface area contributed by atoms with Gasteiger partial charge in [-0.15, -0.1) is 0 Å². The molecule has 0 bridgehead atoms. The number of nitrogens with zero attached hydrogens (tertiary/aromatic N) is 5. The molecule has 1 spiro atoms. The van der Waals surface area contributed by atoms with E-state index in [9.17, 15) is 4.79 Å². The number of carbonyl (C=O) groups is 1. The summed E-state index contributed by atoms with van der Waals surface area (Å²) in [6.45, 7) is 6.23. The van der Waals surface area contributed by atoms with Gasteiger partial charge in [-0.2, -0.15) is 4.98 Å². The maximum absolute atomic E-state index is 12.6. The molecule has 0 radical (unpaired) electrons. The number of hydrogen-bond donors (Lipinski definition) is 0. The highest BCUT2D eigenvalue weighted by Gasteiger charge is 2.43. The average molecular weight is 353 g/mol. The van der Waals surface area contributed by atoms with Gasteiger partial charge in [0.2, 0.25) is 11.7 Å². The molecule has 2 aliphatic heterocycles. The Kier molecular flexibility index (Phi) is 3.69. The van der Waals surface area contributed by atoms with Crippen LogP contribution in [0.3, 0.4) is 0 Å². The van der Waals surface area contributed by atoms with Crippen molar-refractivity contribution in [3.05, 3.63) is 24.7 Å². The number of fused-ring (bicyclic) bond motifs is 1. The molecular formula is C20H27N5O. The Morgan fingerprint density at radius 3 is 2.69 bits per heavy atom. The molecule has 26 heavy (non-hydrogen) atoms. The normalized spacial score (nSPS) is 27.9. The fraction of sp³-hybridized carbons (Fsp3) is 0.650. The number of likely N-dealkylation sites (tertiary alicyclic amines) is 1. The van der Waals surface area contributed by atoms with Crippen molar-refractivity contribution >= 4 is 17.5 Å². The van der Waals surface area contributed by atoms with Gasteiger partial charge in [0.05, 0.1) is 0 Å². The summed E-state index contributed by atoms with van der Waals surface area (Å²) in [4.78, 5) is 26.2. The summed E-state index contributed by atoms with van der Waals surface area (Å²) in [5.41, 5.74) is 0.354. The highest BCUT2D eigenvalue weighted by molar-refractivity contribution is 5.79. The van der Waals surface area contributed by atoms with Crippen molar-refractivity contribution in [2.45, 2.75) is 39.0 Å². The third-order valence-electron chi connectivity index (χ3n) is 6.87. The van der Waals surface area contributed by atoms with Crippen LogP contribution in [0.1, 0.15) is 39.0 Å². The van der Waals surface area contributed by atoms with Crippen molar-refractivity contribution in [2.75, 3.05) is 31.1 Å². The second-order valence-electron chi connectivity index (χ2n) is 8.69. The second kappa shape index (κ2) is 5.96. The largest absolute Gasteiger partial charge is 0.356 e. The van der Waals surface area contributed by atoms with Gasteiger partial charge in [0, 0.05) is 50.7 Å². The molecule has 5 rings (SSSR count). The van der Waals surface area contributed by atoms with Crippen LogP contribution in [0.5, 0.6) is 0 Å². The van der Waals surface area contributed by atoms with Crippen molar-refractivity contribution < 1.29 is 4.79 Å². The summed E-state index contributed by atoms with van der Waals surface area (Å²) in [5.74, 6) is 3.26. The van der Waals surface area contributed by atoms with E-state index < -0.39 is 0 Å². The molecule has 1 aliphatic carbocycles. The number of piperidine rings is 1. The van der Waals surface area contributed by atoms with Crippen LogP contribution in [-0.2, 0) is 4.79 Å². The Morgan fingerprint density at radius 1 is 1.15 bits per heavy atom. The number of imidazole rings is 1. The van der Waals surface area contributed by atoms with Crippen LogP contribution < -0.4 is 4.90 Å². The predicted octanol–water partition coefficient (Wildman–Crippen LogP) is 2.59. The molecule has 0 N–H and O–H groups in total. The lowest BCUT2D eigenvalue weighted by Crippen LogP contribution is -2.48. The fourth-order valence-corrected chi connectivity index (χ4v) is 5.07. The molecule has 4 heterocycles. The van der Waals surface area contributed by atoms with Crippen LogP contribution in [0.15, 0.2) is 24.7 Å². The second-order valence-corrected chi connectivity index (χ2v) is 8.69. The molecule has 138 valence electrons. The summed E-state index contributed by atoms with van der Waals surface area (Å²) in [5, 5.41) is 0. The standard InChI is InChI=1S/C20H27N5O/c1-15-12-16(13-15)18(26)23-8-3-20(4-9-23)5-10-25(14-20)17-2-7-24-11-6-21-19(24)22-17/h2,6-7,11,15-16H,3-5,8-10,12-14H2,1H3. The Bertz CT molecular complexity index is 816. The molecular weight excluding hydrogens is 326 g/mol. The maximum atomic E-state index is 12.6. The molecule has 6 nitrogen and oxygen atoms in total. The zero-order chi connectivity index (χ0) is 17.7. The zero-order valence-corrected chi connectivity index (χ0v) is 15.5. The topological polar surface area (TPSA) is 53.7 Å². The highest BCUT2D eigenvalue weighted by Crippen LogP contribution is 2.43. The molecule has 1 saturated carbocycles. The van der Waals surface area contributed by atoms with E-state index in [0.717, 1.165) is 69.4 Å². The van der Waals surface area contributed by atoms with Crippen LogP contribution >= 0.6 is 0 Å². The van der Waals surface area contributed by atoms with Gasteiger partial charge < -0.3 is 9.80 Å². The molecule has 6 heteroatoms. The summed E-state index contributed by atoms with van der Waals surface area (Å²) in [6.07, 6.45) is 11.4. The first-order valence-corrected chi connectivity index (χ1v) is 9.95. The van der Waals surface area contributed by atoms with E-state index in [1.807, 2.05) is 16.8 Å². The van der Waals surface area contributed by atoms with E-state index in [4.69, 9.17) is 4.98 Å². The van der Waals surface area contributed by atoms with Crippen molar-refractivity contribution in [1.82, 2.24) is 19.3 Å². The molecule has 2 aromatic heterocycles. The van der Waals surface area contributed by atoms with E-state index in [0.29, 0.717) is 17.2 Å². The zero-order valence-electron chi connectivity index (χ0n) is 15.5. The summed E-state index contributed by atoms with van der Waals surface area (Å²) < 4.78 is 1.95. The predicted molar refractivity (Wildman–Crippen MR) is 100.0 cm³/mol. The first-order chi connectivity index (χ1) is 12.6. The smallest absolute Gasteiger partial charge is 0.235 e. The monoisotopic (exact) mass is 353 g/mol. The van der Waals surface area contributed by atoms with Gasteiger partial charge in [-0.3, -0.25) is 9.20 Å². The molecule has 0 unspecified atom stereocenters. The van der Waals surface area contributed by atoms with Gasteiger partial charge in [0.25, 0.3) is 0 Å². The lowest BCUT2D eigenvalue weighted by molar-refractivity contribution is -0.141. The minimum Gasteiger partial charge on any atom is -0.356 e. The van der Waals surface area contributed by atoms with Crippen molar-refractivity contribution in [3.8, 4) is 0 Å². The van der Waals surface area contributed by atoms with Crippen LogP contribution in [0, 0.1) is 17.3 Å². The average Bonchev–Trinajstić information content (AvgIpc) is 3.26. The Balaban J connectivity index is 1.22. The van der Waals surface area contributed by atoms with Gasteiger partial charge in [-0.05, 0) is 49.5 Å². The molecule has 0 atom stereocenters. The van der Waals surface area contributed by atoms with E-state index in [-0.39, 0.29) is 0 Å². The Hall–Kier alpha value is -2.11. The minimum atomic E-state index is 0.310. The number of rotatable bonds is 2. The van der Waals surface area contributed by atoms with E-state index in [2.05, 4.69) is 27.8 Å². The van der Waals surface area contributed by atoms with Crippen molar-refractivity contribution in [1.29, 1.82) is 0 Å². The van der Waals surface area contributed by atoms with Gasteiger partial charge in [-0.1, -0.05) is 6.92 Å². The quantitative estimate of drug-likeness (QED) is 0.833. The number of amides is 1. The maximum Gasteiger partial charge on any atom is 0.235 e. The summed E-state index contributed by atoms with van der Waals surface area (Å²) >= 11 is 0. The van der Waals surface area contributed by atoms with Gasteiger partial charge in [0.15, 0.2) is 0 Å². The van der Waals surface area contributed by atoms with Crippen molar-refractivity contribution in [3.63, 3.8) is 0 Å². The molecule has 3 fully saturated rings. The number of anilines is 1. The minimum absolute atomic E-state index is 0.310. The first kappa shape index (κ1) is 16.1. The van der Waals surface area contributed by atoms with E-state index in [1.165, 1.54) is 6.42 Å². The summed E-state index contributed by atoms with van der Waals surface area (Å²) in [6, 6.07) is 2.09. The van der Waals surface area contributed by atoms with E-state index in [1.54, 1.807) is 6.20 Å². The van der Waals surface area contributed by atoms with Crippen molar-refractivity contribution in [2.24, 2.45) is 17.3 Å². The lowest BCUT2D eigenvalue weighted by Gasteiger charge is -2.42. The number of hydrogen-bond acceptors (Lipinski definition) is 4. The number of carbonyl (C=O) groups excluding carboxylic acids is 1. The fourth-order valence-electron chi connectivity index (χ4n) is 5.07. The molecule has 3 aliphatic rings. The molecule has 2 aromatic rings. The van der Waals surface area contributed by atoms with Crippen LogP contribution in [0.25, 0.3) is 5.78 Å². The Labute approximate surface area is 154 Å². The van der Waals surface area contributed by atoms with E-state index >= 15 is 0 Å².